The number of benzene rings is 1. The second kappa shape index (κ2) is 5.41. The number of nitrogens with two attached hydrogens (primary N) is 1. The topological polar surface area (TPSA) is 26.0 Å². The molecule has 1 heterocycles. The van der Waals surface area contributed by atoms with E-state index in [1.807, 2.05) is 31.2 Å². The van der Waals surface area contributed by atoms with Crippen molar-refractivity contribution in [1.29, 1.82) is 0 Å². The second-order valence-electron chi connectivity index (χ2n) is 3.76. The van der Waals surface area contributed by atoms with E-state index in [-0.39, 0.29) is 6.04 Å². The summed E-state index contributed by atoms with van der Waals surface area (Å²) in [5.74, 6) is 0. The molecule has 0 aliphatic rings. The van der Waals surface area contributed by atoms with Gasteiger partial charge in [0.1, 0.15) is 0 Å². The third-order valence-electron chi connectivity index (χ3n) is 2.53. The molecule has 2 rings (SSSR count). The summed E-state index contributed by atoms with van der Waals surface area (Å²) < 4.78 is 2.09. The van der Waals surface area contributed by atoms with Gasteiger partial charge in [-0.3, -0.25) is 0 Å². The molecule has 0 amide bonds. The molecule has 0 radical (unpaired) electrons. The highest BCUT2D eigenvalue weighted by Gasteiger charge is 2.14. The Morgan fingerprint density at radius 2 is 2.00 bits per heavy atom. The van der Waals surface area contributed by atoms with Crippen LogP contribution in [0, 0.1) is 6.92 Å². The average Bonchev–Trinajstić information content (AvgIpc) is 2.62. The Balaban J connectivity index is 2.36. The number of aryl methyl sites for hydroxylation is 1. The predicted molar refractivity (Wildman–Crippen MR) is 81.9 cm³/mol. The van der Waals surface area contributed by atoms with E-state index in [1.165, 1.54) is 0 Å². The standard InChI is InChI=1S/C12H10Br2ClNS/c1-6-2-3-7(4-9(6)15)11(16)10-5-8(13)12(14)17-10/h2-5,11H,16H2,1H3. The van der Waals surface area contributed by atoms with Gasteiger partial charge < -0.3 is 5.73 Å². The molecule has 2 N–H and O–H groups in total. The van der Waals surface area contributed by atoms with Gasteiger partial charge >= 0.3 is 0 Å². The monoisotopic (exact) mass is 393 g/mol. The zero-order chi connectivity index (χ0) is 12.6. The zero-order valence-electron chi connectivity index (χ0n) is 9.01. The fourth-order valence-electron chi connectivity index (χ4n) is 1.48. The highest BCUT2D eigenvalue weighted by atomic mass is 79.9. The van der Waals surface area contributed by atoms with Gasteiger partial charge in [0.25, 0.3) is 0 Å². The summed E-state index contributed by atoms with van der Waals surface area (Å²) >= 11 is 14.7. The molecule has 0 saturated carbocycles. The molecule has 1 nitrogen and oxygen atoms in total. The van der Waals surface area contributed by atoms with Crippen LogP contribution in [0.15, 0.2) is 32.5 Å². The van der Waals surface area contributed by atoms with Crippen molar-refractivity contribution in [3.05, 3.63) is 53.6 Å². The Morgan fingerprint density at radius 1 is 1.29 bits per heavy atom. The molecule has 1 aromatic heterocycles. The minimum absolute atomic E-state index is 0.138. The molecule has 0 bridgehead atoms. The van der Waals surface area contributed by atoms with E-state index in [2.05, 4.69) is 31.9 Å². The number of rotatable bonds is 2. The highest BCUT2D eigenvalue weighted by Crippen LogP contribution is 2.37. The van der Waals surface area contributed by atoms with Crippen LogP contribution in [0.5, 0.6) is 0 Å². The number of hydrogen-bond acceptors (Lipinski definition) is 2. The molecule has 17 heavy (non-hydrogen) atoms. The molecular formula is C12H10Br2ClNS. The lowest BCUT2D eigenvalue weighted by molar-refractivity contribution is 0.892. The fourth-order valence-corrected chi connectivity index (χ4v) is 3.79. The van der Waals surface area contributed by atoms with Crippen LogP contribution in [0.3, 0.4) is 0 Å². The Bertz CT molecular complexity index is 534. The molecule has 5 heteroatoms. The first kappa shape index (κ1) is 13.6. The Morgan fingerprint density at radius 3 is 2.53 bits per heavy atom. The zero-order valence-corrected chi connectivity index (χ0v) is 13.8. The summed E-state index contributed by atoms with van der Waals surface area (Å²) in [7, 11) is 0. The molecule has 2 aromatic rings. The minimum Gasteiger partial charge on any atom is -0.320 e. The summed E-state index contributed by atoms with van der Waals surface area (Å²) in [6.45, 7) is 1.98. The summed E-state index contributed by atoms with van der Waals surface area (Å²) in [4.78, 5) is 1.10. The van der Waals surface area contributed by atoms with E-state index in [4.69, 9.17) is 17.3 Å². The third kappa shape index (κ3) is 2.93. The lowest BCUT2D eigenvalue weighted by Crippen LogP contribution is -2.10. The van der Waals surface area contributed by atoms with Crippen LogP contribution >= 0.6 is 54.8 Å². The van der Waals surface area contributed by atoms with Crippen LogP contribution in [-0.2, 0) is 0 Å². The number of halogens is 3. The molecule has 0 saturated heterocycles. The van der Waals surface area contributed by atoms with Crippen molar-refractivity contribution in [3.63, 3.8) is 0 Å². The fraction of sp³-hybridized carbons (Fsp3) is 0.167. The van der Waals surface area contributed by atoms with E-state index in [9.17, 15) is 0 Å². The molecule has 0 spiro atoms. The smallest absolute Gasteiger partial charge is 0.0843 e. The van der Waals surface area contributed by atoms with Crippen LogP contribution in [0.1, 0.15) is 22.0 Å². The van der Waals surface area contributed by atoms with Gasteiger partial charge in [-0.1, -0.05) is 23.7 Å². The van der Waals surface area contributed by atoms with Gasteiger partial charge in [-0.2, -0.15) is 0 Å². The maximum Gasteiger partial charge on any atom is 0.0843 e. The van der Waals surface area contributed by atoms with Gasteiger partial charge in [-0.15, -0.1) is 11.3 Å². The van der Waals surface area contributed by atoms with Crippen LogP contribution in [-0.4, -0.2) is 0 Å². The van der Waals surface area contributed by atoms with Crippen molar-refractivity contribution in [2.24, 2.45) is 5.73 Å². The number of hydrogen-bond donors (Lipinski definition) is 1. The van der Waals surface area contributed by atoms with E-state index >= 15 is 0 Å². The second-order valence-corrected chi connectivity index (χ2v) is 7.42. The van der Waals surface area contributed by atoms with Crippen LogP contribution in [0.2, 0.25) is 5.02 Å². The molecule has 0 aliphatic carbocycles. The van der Waals surface area contributed by atoms with Crippen molar-refractivity contribution in [2.45, 2.75) is 13.0 Å². The van der Waals surface area contributed by atoms with E-state index in [0.717, 1.165) is 29.3 Å². The van der Waals surface area contributed by atoms with Gasteiger partial charge in [0, 0.05) is 14.4 Å². The summed E-state index contributed by atoms with van der Waals surface area (Å²) in [6, 6.07) is 7.85. The van der Waals surface area contributed by atoms with Gasteiger partial charge in [0.15, 0.2) is 0 Å². The van der Waals surface area contributed by atoms with E-state index < -0.39 is 0 Å². The Labute approximate surface area is 126 Å². The lowest BCUT2D eigenvalue weighted by Gasteiger charge is -2.11. The van der Waals surface area contributed by atoms with Crippen molar-refractivity contribution >= 4 is 54.8 Å². The van der Waals surface area contributed by atoms with Crippen LogP contribution < -0.4 is 5.73 Å². The van der Waals surface area contributed by atoms with Gasteiger partial charge in [0.2, 0.25) is 0 Å². The Hall–Kier alpha value is 0.130. The third-order valence-corrected chi connectivity index (χ3v) is 6.27. The van der Waals surface area contributed by atoms with Gasteiger partial charge in [0.05, 0.1) is 9.83 Å². The summed E-state index contributed by atoms with van der Waals surface area (Å²) in [5, 5.41) is 0.757. The summed E-state index contributed by atoms with van der Waals surface area (Å²) in [5.41, 5.74) is 8.32. The Kier molecular flexibility index (Phi) is 4.31. The largest absolute Gasteiger partial charge is 0.320 e. The SMILES string of the molecule is Cc1ccc(C(N)c2cc(Br)c(Br)s2)cc1Cl. The molecule has 0 aliphatic heterocycles. The van der Waals surface area contributed by atoms with Crippen molar-refractivity contribution in [2.75, 3.05) is 0 Å². The average molecular weight is 396 g/mol. The minimum atomic E-state index is -0.138. The molecule has 1 unspecified atom stereocenters. The van der Waals surface area contributed by atoms with Crippen molar-refractivity contribution in [3.8, 4) is 0 Å². The molecule has 90 valence electrons. The highest BCUT2D eigenvalue weighted by molar-refractivity contribution is 9.13. The maximum atomic E-state index is 6.23. The lowest BCUT2D eigenvalue weighted by atomic mass is 10.0. The van der Waals surface area contributed by atoms with Crippen molar-refractivity contribution in [1.82, 2.24) is 0 Å². The molecular weight excluding hydrogens is 385 g/mol. The van der Waals surface area contributed by atoms with Crippen LogP contribution in [0.25, 0.3) is 0 Å². The van der Waals surface area contributed by atoms with Crippen LogP contribution in [0.4, 0.5) is 0 Å². The first-order chi connectivity index (χ1) is 7.99. The summed E-state index contributed by atoms with van der Waals surface area (Å²) in [6.07, 6.45) is 0. The molecule has 1 atom stereocenters. The first-order valence-electron chi connectivity index (χ1n) is 4.95. The molecule has 0 fully saturated rings. The van der Waals surface area contributed by atoms with E-state index in [0.29, 0.717) is 0 Å². The van der Waals surface area contributed by atoms with E-state index in [1.54, 1.807) is 11.3 Å². The van der Waals surface area contributed by atoms with Gasteiger partial charge in [-0.05, 0) is 62.0 Å². The quantitative estimate of drug-likeness (QED) is 0.735. The maximum absolute atomic E-state index is 6.23. The molecule has 1 aromatic carbocycles. The van der Waals surface area contributed by atoms with Gasteiger partial charge in [-0.25, -0.2) is 0 Å². The van der Waals surface area contributed by atoms with Crippen molar-refractivity contribution < 1.29 is 0 Å². The number of thiophene rings is 1. The first-order valence-corrected chi connectivity index (χ1v) is 7.73. The normalized spacial score (nSPS) is 12.8. The predicted octanol–water partition coefficient (Wildman–Crippen LogP) is 5.28.